The van der Waals surface area contributed by atoms with Crippen LogP contribution in [0.4, 0.5) is 0 Å². The molecule has 2 aliphatic carbocycles. The van der Waals surface area contributed by atoms with E-state index in [0.29, 0.717) is 22.1 Å². The molecule has 1 atom stereocenters. The molecule has 0 unspecified atom stereocenters. The third-order valence-electron chi connectivity index (χ3n) is 7.06. The number of fused-ring (bicyclic) bond motifs is 1. The maximum Gasteiger partial charge on any atom is 0.255 e. The number of aromatic nitrogens is 1. The van der Waals surface area contributed by atoms with Gasteiger partial charge in [0.25, 0.3) is 5.56 Å². The Morgan fingerprint density at radius 3 is 2.50 bits per heavy atom. The quantitative estimate of drug-likeness (QED) is 0.595. The standard InChI is InChI=1S/C25H27ClN2O2/c26-21-15-20-17(10-13-28-24(20)29)14-22(21)30-19-8-11-25(12-9-19,23(27)16-6-7-16)18-4-2-1-3-5-18/h1-5,10,13-16,19,23H,6-9,11-12,27H2,(H,28,29)/t19?,23-,25?/m1/s1. The van der Waals surface area contributed by atoms with E-state index < -0.39 is 0 Å². The average molecular weight is 423 g/mol. The highest BCUT2D eigenvalue weighted by Gasteiger charge is 2.47. The van der Waals surface area contributed by atoms with E-state index in [1.54, 1.807) is 12.3 Å². The molecule has 5 rings (SSSR count). The fraction of sp³-hybridized carbons (Fsp3) is 0.400. The summed E-state index contributed by atoms with van der Waals surface area (Å²) < 4.78 is 6.33. The number of hydrogen-bond acceptors (Lipinski definition) is 3. The van der Waals surface area contributed by atoms with E-state index in [1.807, 2.05) is 12.1 Å². The van der Waals surface area contributed by atoms with Gasteiger partial charge in [0, 0.05) is 23.0 Å². The molecule has 3 aromatic rings. The highest BCUT2D eigenvalue weighted by molar-refractivity contribution is 6.32. The number of nitrogens with two attached hydrogens (primary N) is 1. The summed E-state index contributed by atoms with van der Waals surface area (Å²) in [5, 5.41) is 1.90. The molecule has 0 radical (unpaired) electrons. The molecular formula is C25H27ClN2O2. The third kappa shape index (κ3) is 3.52. The van der Waals surface area contributed by atoms with Crippen molar-refractivity contribution in [1.29, 1.82) is 0 Å². The van der Waals surface area contributed by atoms with Crippen LogP contribution < -0.4 is 16.0 Å². The van der Waals surface area contributed by atoms with Gasteiger partial charge in [-0.25, -0.2) is 0 Å². The van der Waals surface area contributed by atoms with Crippen molar-refractivity contribution in [3.63, 3.8) is 0 Å². The van der Waals surface area contributed by atoms with Gasteiger partial charge in [0.2, 0.25) is 0 Å². The van der Waals surface area contributed by atoms with Crippen LogP contribution in [0.25, 0.3) is 10.8 Å². The van der Waals surface area contributed by atoms with Crippen molar-refractivity contribution in [2.75, 3.05) is 0 Å². The Bertz CT molecular complexity index is 1100. The summed E-state index contributed by atoms with van der Waals surface area (Å²) in [4.78, 5) is 14.7. The van der Waals surface area contributed by atoms with Crippen LogP contribution in [-0.4, -0.2) is 17.1 Å². The minimum absolute atomic E-state index is 0.0305. The lowest BCUT2D eigenvalue weighted by Gasteiger charge is -2.45. The number of aromatic amines is 1. The van der Waals surface area contributed by atoms with Gasteiger partial charge in [-0.2, -0.15) is 0 Å². The molecule has 0 spiro atoms. The largest absolute Gasteiger partial charge is 0.489 e. The number of benzene rings is 2. The summed E-state index contributed by atoms with van der Waals surface area (Å²) in [6, 6.07) is 16.4. The number of pyridine rings is 1. The van der Waals surface area contributed by atoms with E-state index in [-0.39, 0.29) is 23.1 Å². The smallest absolute Gasteiger partial charge is 0.255 e. The van der Waals surface area contributed by atoms with Crippen LogP contribution in [0.2, 0.25) is 5.02 Å². The van der Waals surface area contributed by atoms with Gasteiger partial charge in [-0.3, -0.25) is 4.79 Å². The summed E-state index contributed by atoms with van der Waals surface area (Å²) in [7, 11) is 0. The zero-order valence-electron chi connectivity index (χ0n) is 16.9. The molecule has 5 heteroatoms. The van der Waals surface area contributed by atoms with Gasteiger partial charge in [-0.1, -0.05) is 41.9 Å². The van der Waals surface area contributed by atoms with Gasteiger partial charge in [0.1, 0.15) is 5.75 Å². The third-order valence-corrected chi connectivity index (χ3v) is 7.36. The normalized spacial score (nSPS) is 25.2. The Balaban J connectivity index is 1.37. The van der Waals surface area contributed by atoms with Crippen LogP contribution in [0, 0.1) is 5.92 Å². The van der Waals surface area contributed by atoms with Gasteiger partial charge in [0.15, 0.2) is 0 Å². The van der Waals surface area contributed by atoms with Gasteiger partial charge < -0.3 is 15.5 Å². The maximum absolute atomic E-state index is 12.0. The average Bonchev–Trinajstić information content (AvgIpc) is 3.61. The first-order valence-corrected chi connectivity index (χ1v) is 11.2. The van der Waals surface area contributed by atoms with Crippen molar-refractivity contribution in [3.8, 4) is 5.75 Å². The molecule has 0 bridgehead atoms. The molecular weight excluding hydrogens is 396 g/mol. The van der Waals surface area contributed by atoms with Crippen LogP contribution >= 0.6 is 11.6 Å². The first-order valence-electron chi connectivity index (χ1n) is 10.9. The van der Waals surface area contributed by atoms with Crippen molar-refractivity contribution in [3.05, 3.63) is 75.7 Å². The van der Waals surface area contributed by atoms with Crippen molar-refractivity contribution in [2.45, 2.75) is 56.1 Å². The van der Waals surface area contributed by atoms with Crippen molar-refractivity contribution < 1.29 is 4.74 Å². The summed E-state index contributed by atoms with van der Waals surface area (Å²) in [6.07, 6.45) is 8.18. The summed E-state index contributed by atoms with van der Waals surface area (Å²) in [6.45, 7) is 0. The molecule has 2 saturated carbocycles. The second-order valence-corrected chi connectivity index (χ2v) is 9.29. The minimum Gasteiger partial charge on any atom is -0.489 e. The predicted octanol–water partition coefficient (Wildman–Crippen LogP) is 5.18. The first-order chi connectivity index (χ1) is 14.6. The van der Waals surface area contributed by atoms with Crippen molar-refractivity contribution >= 4 is 22.4 Å². The Kier molecular flexibility index (Phi) is 5.08. The predicted molar refractivity (Wildman–Crippen MR) is 121 cm³/mol. The molecule has 0 aliphatic heterocycles. The molecule has 1 aromatic heterocycles. The van der Waals surface area contributed by atoms with Crippen LogP contribution in [0.15, 0.2) is 59.5 Å². The van der Waals surface area contributed by atoms with Gasteiger partial charge in [-0.05, 0) is 73.6 Å². The van der Waals surface area contributed by atoms with E-state index in [1.165, 1.54) is 18.4 Å². The Hall–Kier alpha value is -2.30. The number of halogens is 1. The SMILES string of the molecule is N[C@H](C1CC1)C1(c2ccccc2)CCC(Oc2cc3cc[nH]c(=O)c3cc2Cl)CC1. The monoisotopic (exact) mass is 422 g/mol. The lowest BCUT2D eigenvalue weighted by molar-refractivity contribution is 0.101. The molecule has 30 heavy (non-hydrogen) atoms. The van der Waals surface area contributed by atoms with Crippen molar-refractivity contribution in [1.82, 2.24) is 4.98 Å². The lowest BCUT2D eigenvalue weighted by Crippen LogP contribution is -2.50. The van der Waals surface area contributed by atoms with E-state index in [2.05, 4.69) is 35.3 Å². The molecule has 4 nitrogen and oxygen atoms in total. The topological polar surface area (TPSA) is 68.1 Å². The first kappa shape index (κ1) is 19.7. The van der Waals surface area contributed by atoms with Crippen LogP contribution in [0.3, 0.4) is 0 Å². The highest BCUT2D eigenvalue weighted by atomic mass is 35.5. The van der Waals surface area contributed by atoms with Crippen molar-refractivity contribution in [2.24, 2.45) is 11.7 Å². The fourth-order valence-corrected chi connectivity index (χ4v) is 5.38. The summed E-state index contributed by atoms with van der Waals surface area (Å²) in [5.74, 6) is 1.30. The number of rotatable bonds is 5. The lowest BCUT2D eigenvalue weighted by atomic mass is 9.63. The van der Waals surface area contributed by atoms with Gasteiger partial charge in [-0.15, -0.1) is 0 Å². The number of hydrogen-bond donors (Lipinski definition) is 2. The molecule has 0 amide bonds. The second kappa shape index (κ2) is 7.75. The minimum atomic E-state index is -0.139. The van der Waals surface area contributed by atoms with E-state index in [9.17, 15) is 4.79 Å². The fourth-order valence-electron chi connectivity index (χ4n) is 5.17. The molecule has 156 valence electrons. The molecule has 2 fully saturated rings. The van der Waals surface area contributed by atoms with Crippen LogP contribution in [0.5, 0.6) is 5.75 Å². The van der Waals surface area contributed by atoms with E-state index in [4.69, 9.17) is 22.1 Å². The Morgan fingerprint density at radius 2 is 1.80 bits per heavy atom. The molecule has 2 aliphatic rings. The maximum atomic E-state index is 12.0. The van der Waals surface area contributed by atoms with E-state index in [0.717, 1.165) is 31.1 Å². The molecule has 0 saturated heterocycles. The number of ether oxygens (including phenoxy) is 1. The Morgan fingerprint density at radius 1 is 1.07 bits per heavy atom. The molecule has 3 N–H and O–H groups in total. The molecule has 1 heterocycles. The second-order valence-electron chi connectivity index (χ2n) is 8.88. The highest BCUT2D eigenvalue weighted by Crippen LogP contribution is 2.49. The van der Waals surface area contributed by atoms with Crippen LogP contribution in [-0.2, 0) is 5.41 Å². The van der Waals surface area contributed by atoms with E-state index >= 15 is 0 Å². The molecule has 2 aromatic carbocycles. The number of nitrogens with one attached hydrogen (secondary N) is 1. The van der Waals surface area contributed by atoms with Gasteiger partial charge >= 0.3 is 0 Å². The van der Waals surface area contributed by atoms with Gasteiger partial charge in [0.05, 0.1) is 11.1 Å². The van der Waals surface area contributed by atoms with Crippen LogP contribution in [0.1, 0.15) is 44.1 Å². The zero-order chi connectivity index (χ0) is 20.7. The summed E-state index contributed by atoms with van der Waals surface area (Å²) in [5.41, 5.74) is 8.08. The zero-order valence-corrected chi connectivity index (χ0v) is 17.7. The number of H-pyrrole nitrogens is 1. The summed E-state index contributed by atoms with van der Waals surface area (Å²) >= 11 is 6.45. The Labute approximate surface area is 181 Å².